The first-order valence-corrected chi connectivity index (χ1v) is 5.30. The highest BCUT2D eigenvalue weighted by molar-refractivity contribution is 5.95. The summed E-state index contributed by atoms with van der Waals surface area (Å²) in [7, 11) is 0. The summed E-state index contributed by atoms with van der Waals surface area (Å²) < 4.78 is 12.9. The van der Waals surface area contributed by atoms with Gasteiger partial charge in [-0.05, 0) is 17.7 Å². The Labute approximate surface area is 99.2 Å². The molecule has 4 nitrogen and oxygen atoms in total. The predicted octanol–water partition coefficient (Wildman–Crippen LogP) is 0.702. The van der Waals surface area contributed by atoms with Gasteiger partial charge in [-0.3, -0.25) is 14.5 Å². The van der Waals surface area contributed by atoms with Gasteiger partial charge in [-0.25, -0.2) is 4.39 Å². The van der Waals surface area contributed by atoms with Crippen LogP contribution < -0.4 is 5.73 Å². The number of nitrogens with two attached hydrogens (primary N) is 1. The quantitative estimate of drug-likeness (QED) is 0.840. The molecule has 1 aromatic rings. The normalized spacial score (nSPS) is 10.1. The molecule has 0 atom stereocenters. The number of rotatable bonds is 4. The lowest BCUT2D eigenvalue weighted by Crippen LogP contribution is -2.39. The second-order valence-electron chi connectivity index (χ2n) is 3.66. The van der Waals surface area contributed by atoms with Gasteiger partial charge in [-0.15, -0.1) is 0 Å². The summed E-state index contributed by atoms with van der Waals surface area (Å²) in [4.78, 5) is 24.1. The first-order valence-electron chi connectivity index (χ1n) is 5.30. The van der Waals surface area contributed by atoms with Crippen molar-refractivity contribution in [3.05, 3.63) is 35.6 Å². The maximum absolute atomic E-state index is 12.9. The number of nitrogens with zero attached hydrogens (tertiary/aromatic N) is 1. The molecule has 0 unspecified atom stereocenters. The molecular formula is C12H15FN2O2. The Hall–Kier alpha value is -1.75. The van der Waals surface area contributed by atoms with Crippen LogP contribution in [0.3, 0.4) is 0 Å². The Morgan fingerprint density at radius 2 is 2.12 bits per heavy atom. The fraction of sp³-hybridized carbons (Fsp3) is 0.333. The van der Waals surface area contributed by atoms with E-state index in [4.69, 9.17) is 5.73 Å². The molecule has 0 radical (unpaired) electrons. The van der Waals surface area contributed by atoms with Gasteiger partial charge in [-0.2, -0.15) is 0 Å². The molecular weight excluding hydrogens is 223 g/mol. The van der Waals surface area contributed by atoms with Crippen molar-refractivity contribution >= 4 is 11.8 Å². The third-order valence-corrected chi connectivity index (χ3v) is 2.28. The SMILES string of the molecule is CC(=O)N(CCN)C(=O)Cc1cccc(F)c1. The number of hydrogen-bond donors (Lipinski definition) is 1. The van der Waals surface area contributed by atoms with Crippen LogP contribution in [-0.2, 0) is 16.0 Å². The molecule has 0 aromatic heterocycles. The molecule has 0 heterocycles. The van der Waals surface area contributed by atoms with Crippen LogP contribution >= 0.6 is 0 Å². The molecule has 1 rings (SSSR count). The summed E-state index contributed by atoms with van der Waals surface area (Å²) in [6.45, 7) is 1.71. The summed E-state index contributed by atoms with van der Waals surface area (Å²) in [6.07, 6.45) is -0.00264. The van der Waals surface area contributed by atoms with E-state index in [2.05, 4.69) is 0 Å². The van der Waals surface area contributed by atoms with Gasteiger partial charge < -0.3 is 5.73 Å². The van der Waals surface area contributed by atoms with Crippen LogP contribution in [0.5, 0.6) is 0 Å². The fourth-order valence-electron chi connectivity index (χ4n) is 1.50. The molecule has 2 amide bonds. The van der Waals surface area contributed by atoms with E-state index in [1.807, 2.05) is 0 Å². The van der Waals surface area contributed by atoms with E-state index in [1.165, 1.54) is 25.1 Å². The van der Waals surface area contributed by atoms with Crippen molar-refractivity contribution in [1.29, 1.82) is 0 Å². The summed E-state index contributed by atoms with van der Waals surface area (Å²) in [6, 6.07) is 5.75. The third-order valence-electron chi connectivity index (χ3n) is 2.28. The molecule has 0 aliphatic carbocycles. The van der Waals surface area contributed by atoms with E-state index >= 15 is 0 Å². The molecule has 92 valence electrons. The second-order valence-corrected chi connectivity index (χ2v) is 3.66. The van der Waals surface area contributed by atoms with Crippen molar-refractivity contribution in [2.24, 2.45) is 5.73 Å². The van der Waals surface area contributed by atoms with E-state index < -0.39 is 5.82 Å². The van der Waals surface area contributed by atoms with Crippen LogP contribution in [-0.4, -0.2) is 29.8 Å². The number of imide groups is 1. The van der Waals surface area contributed by atoms with Gasteiger partial charge in [0.05, 0.1) is 6.42 Å². The lowest BCUT2D eigenvalue weighted by atomic mass is 10.1. The molecule has 0 aliphatic rings. The maximum atomic E-state index is 12.9. The van der Waals surface area contributed by atoms with Crippen molar-refractivity contribution in [2.75, 3.05) is 13.1 Å². The molecule has 2 N–H and O–H groups in total. The zero-order valence-electron chi connectivity index (χ0n) is 9.65. The van der Waals surface area contributed by atoms with E-state index in [-0.39, 0.29) is 31.3 Å². The molecule has 0 spiro atoms. The standard InChI is InChI=1S/C12H15FN2O2/c1-9(16)15(6-5-14)12(17)8-10-3-2-4-11(13)7-10/h2-4,7H,5-6,8,14H2,1H3. The number of amides is 2. The lowest BCUT2D eigenvalue weighted by molar-refractivity contribution is -0.142. The molecule has 0 bridgehead atoms. The lowest BCUT2D eigenvalue weighted by Gasteiger charge is -2.18. The largest absolute Gasteiger partial charge is 0.329 e. The average molecular weight is 238 g/mol. The smallest absolute Gasteiger partial charge is 0.233 e. The van der Waals surface area contributed by atoms with Crippen LogP contribution in [0.4, 0.5) is 4.39 Å². The Bertz CT molecular complexity index is 421. The number of carbonyl (C=O) groups excluding carboxylic acids is 2. The monoisotopic (exact) mass is 238 g/mol. The Morgan fingerprint density at radius 3 is 2.65 bits per heavy atom. The van der Waals surface area contributed by atoms with Crippen LogP contribution in [0, 0.1) is 5.82 Å². The Balaban J connectivity index is 2.73. The zero-order valence-corrected chi connectivity index (χ0v) is 9.65. The third kappa shape index (κ3) is 3.96. The molecule has 17 heavy (non-hydrogen) atoms. The van der Waals surface area contributed by atoms with Crippen molar-refractivity contribution < 1.29 is 14.0 Å². The minimum absolute atomic E-state index is 0.00264. The van der Waals surface area contributed by atoms with Gasteiger partial charge in [0.15, 0.2) is 0 Å². The average Bonchev–Trinajstić information content (AvgIpc) is 2.25. The van der Waals surface area contributed by atoms with Crippen LogP contribution in [0.25, 0.3) is 0 Å². The van der Waals surface area contributed by atoms with Gasteiger partial charge in [0.2, 0.25) is 11.8 Å². The predicted molar refractivity (Wildman–Crippen MR) is 61.6 cm³/mol. The first kappa shape index (κ1) is 13.3. The van der Waals surface area contributed by atoms with Gasteiger partial charge >= 0.3 is 0 Å². The topological polar surface area (TPSA) is 63.4 Å². The van der Waals surface area contributed by atoms with Gasteiger partial charge in [0.25, 0.3) is 0 Å². The number of halogens is 1. The summed E-state index contributed by atoms with van der Waals surface area (Å²) in [5.41, 5.74) is 5.86. The van der Waals surface area contributed by atoms with Crippen LogP contribution in [0.1, 0.15) is 12.5 Å². The highest BCUT2D eigenvalue weighted by Gasteiger charge is 2.17. The van der Waals surface area contributed by atoms with Crippen molar-refractivity contribution in [3.63, 3.8) is 0 Å². The maximum Gasteiger partial charge on any atom is 0.233 e. The molecule has 0 saturated heterocycles. The summed E-state index contributed by atoms with van der Waals surface area (Å²) >= 11 is 0. The van der Waals surface area contributed by atoms with Crippen molar-refractivity contribution in [3.8, 4) is 0 Å². The Morgan fingerprint density at radius 1 is 1.41 bits per heavy atom. The first-order chi connectivity index (χ1) is 8.04. The van der Waals surface area contributed by atoms with E-state index in [0.29, 0.717) is 5.56 Å². The van der Waals surface area contributed by atoms with Gasteiger partial charge in [-0.1, -0.05) is 12.1 Å². The van der Waals surface area contributed by atoms with Crippen LogP contribution in [0.15, 0.2) is 24.3 Å². The molecule has 1 aromatic carbocycles. The zero-order chi connectivity index (χ0) is 12.8. The molecule has 5 heteroatoms. The molecule has 0 aliphatic heterocycles. The number of benzene rings is 1. The minimum atomic E-state index is -0.400. The van der Waals surface area contributed by atoms with E-state index in [1.54, 1.807) is 6.07 Å². The van der Waals surface area contributed by atoms with Crippen molar-refractivity contribution in [2.45, 2.75) is 13.3 Å². The second kappa shape index (κ2) is 6.10. The van der Waals surface area contributed by atoms with Gasteiger partial charge in [0.1, 0.15) is 5.82 Å². The van der Waals surface area contributed by atoms with Gasteiger partial charge in [0, 0.05) is 20.0 Å². The fourth-order valence-corrected chi connectivity index (χ4v) is 1.50. The summed E-state index contributed by atoms with van der Waals surface area (Å²) in [5, 5.41) is 0. The molecule has 0 saturated carbocycles. The number of hydrogen-bond acceptors (Lipinski definition) is 3. The minimum Gasteiger partial charge on any atom is -0.329 e. The summed E-state index contributed by atoms with van der Waals surface area (Å²) in [5.74, 6) is -1.12. The van der Waals surface area contributed by atoms with E-state index in [9.17, 15) is 14.0 Å². The van der Waals surface area contributed by atoms with Crippen molar-refractivity contribution in [1.82, 2.24) is 4.90 Å². The highest BCUT2D eigenvalue weighted by atomic mass is 19.1. The number of carbonyl (C=O) groups is 2. The van der Waals surface area contributed by atoms with E-state index in [0.717, 1.165) is 4.90 Å². The Kier molecular flexibility index (Phi) is 4.78. The highest BCUT2D eigenvalue weighted by Crippen LogP contribution is 2.06. The molecule has 0 fully saturated rings. The van der Waals surface area contributed by atoms with Crippen LogP contribution in [0.2, 0.25) is 0 Å².